The van der Waals surface area contributed by atoms with Gasteiger partial charge in [0.25, 0.3) is 0 Å². The summed E-state index contributed by atoms with van der Waals surface area (Å²) in [7, 11) is 0. The molecular weight excluding hydrogens is 160 g/mol. The molecule has 0 spiro atoms. The van der Waals surface area contributed by atoms with Gasteiger partial charge in [0.1, 0.15) is 5.82 Å². The lowest BCUT2D eigenvalue weighted by Gasteiger charge is -2.02. The summed E-state index contributed by atoms with van der Waals surface area (Å²) < 4.78 is 2.17. The van der Waals surface area contributed by atoms with Crippen LogP contribution in [-0.2, 0) is 0 Å². The molecule has 2 heterocycles. The molecule has 0 bridgehead atoms. The second-order valence-electron chi connectivity index (χ2n) is 3.67. The maximum Gasteiger partial charge on any atom is 0.116 e. The fourth-order valence-electron chi connectivity index (χ4n) is 1.63. The van der Waals surface area contributed by atoms with Gasteiger partial charge < -0.3 is 4.40 Å². The quantitative estimate of drug-likeness (QED) is 0.649. The summed E-state index contributed by atoms with van der Waals surface area (Å²) in [5.74, 6) is 1.62. The lowest BCUT2D eigenvalue weighted by atomic mass is 10.2. The Labute approximate surface area is 78.2 Å². The van der Waals surface area contributed by atoms with E-state index in [2.05, 4.69) is 42.4 Å². The van der Waals surface area contributed by atoms with Gasteiger partial charge in [-0.05, 0) is 19.1 Å². The molecule has 0 N–H and O–H groups in total. The molecule has 0 aliphatic rings. The van der Waals surface area contributed by atoms with Crippen LogP contribution in [0.25, 0.3) is 5.52 Å². The average Bonchev–Trinajstić information content (AvgIpc) is 2.45. The van der Waals surface area contributed by atoms with E-state index in [1.807, 2.05) is 12.1 Å². The molecule has 2 nitrogen and oxygen atoms in total. The maximum atomic E-state index is 4.55. The number of pyridine rings is 1. The van der Waals surface area contributed by atoms with Crippen LogP contribution >= 0.6 is 0 Å². The third-order valence-electron chi connectivity index (χ3n) is 2.28. The van der Waals surface area contributed by atoms with Crippen LogP contribution in [0.4, 0.5) is 0 Å². The van der Waals surface area contributed by atoms with E-state index in [9.17, 15) is 0 Å². The van der Waals surface area contributed by atoms with Crippen molar-refractivity contribution in [3.63, 3.8) is 0 Å². The Bertz CT molecular complexity index is 427. The number of nitrogens with zero attached hydrogens (tertiary/aromatic N) is 2. The summed E-state index contributed by atoms with van der Waals surface area (Å²) >= 11 is 0. The number of imidazole rings is 1. The van der Waals surface area contributed by atoms with Crippen LogP contribution in [0.5, 0.6) is 0 Å². The molecule has 2 aromatic heterocycles. The standard InChI is InChI=1S/C11H14N2/c1-8(2)11-12-9(3)10-6-4-5-7-13(10)11/h4-8H,1-3H3. The highest BCUT2D eigenvalue weighted by molar-refractivity contribution is 5.52. The SMILES string of the molecule is Cc1nc(C(C)C)n2ccccc12. The molecule has 2 aromatic rings. The van der Waals surface area contributed by atoms with E-state index in [0.717, 1.165) is 11.5 Å². The van der Waals surface area contributed by atoms with Crippen molar-refractivity contribution in [1.82, 2.24) is 9.38 Å². The molecule has 0 radical (unpaired) electrons. The normalized spacial score (nSPS) is 11.4. The zero-order chi connectivity index (χ0) is 9.42. The van der Waals surface area contributed by atoms with E-state index in [1.54, 1.807) is 0 Å². The highest BCUT2D eigenvalue weighted by atomic mass is 15.0. The fourth-order valence-corrected chi connectivity index (χ4v) is 1.63. The number of hydrogen-bond acceptors (Lipinski definition) is 1. The van der Waals surface area contributed by atoms with Gasteiger partial charge in [-0.25, -0.2) is 4.98 Å². The molecule has 2 heteroatoms. The number of aryl methyl sites for hydroxylation is 1. The number of rotatable bonds is 1. The Kier molecular flexibility index (Phi) is 1.83. The molecular formula is C11H14N2. The number of fused-ring (bicyclic) bond motifs is 1. The van der Waals surface area contributed by atoms with E-state index < -0.39 is 0 Å². The molecule has 2 rings (SSSR count). The summed E-state index contributed by atoms with van der Waals surface area (Å²) in [4.78, 5) is 4.55. The molecule has 0 atom stereocenters. The molecule has 13 heavy (non-hydrogen) atoms. The van der Waals surface area contributed by atoms with Gasteiger partial charge in [-0.15, -0.1) is 0 Å². The first-order valence-corrected chi connectivity index (χ1v) is 4.63. The van der Waals surface area contributed by atoms with Gasteiger partial charge in [0, 0.05) is 12.1 Å². The van der Waals surface area contributed by atoms with Crippen molar-refractivity contribution in [2.75, 3.05) is 0 Å². The van der Waals surface area contributed by atoms with Crippen molar-refractivity contribution in [3.8, 4) is 0 Å². The van der Waals surface area contributed by atoms with Crippen LogP contribution in [0.3, 0.4) is 0 Å². The summed E-state index contributed by atoms with van der Waals surface area (Å²) in [5.41, 5.74) is 2.33. The molecule has 0 aromatic carbocycles. The molecule has 0 fully saturated rings. The van der Waals surface area contributed by atoms with Crippen LogP contribution in [-0.4, -0.2) is 9.38 Å². The summed E-state index contributed by atoms with van der Waals surface area (Å²) in [5, 5.41) is 0. The van der Waals surface area contributed by atoms with Crippen molar-refractivity contribution in [1.29, 1.82) is 0 Å². The van der Waals surface area contributed by atoms with Gasteiger partial charge in [0.15, 0.2) is 0 Å². The minimum atomic E-state index is 0.476. The number of hydrogen-bond donors (Lipinski definition) is 0. The Morgan fingerprint density at radius 3 is 2.77 bits per heavy atom. The summed E-state index contributed by atoms with van der Waals surface area (Å²) in [6.45, 7) is 6.39. The molecule has 0 amide bonds. The van der Waals surface area contributed by atoms with Crippen LogP contribution in [0.1, 0.15) is 31.3 Å². The smallest absolute Gasteiger partial charge is 0.116 e. The third kappa shape index (κ3) is 1.22. The minimum Gasteiger partial charge on any atom is -0.303 e. The van der Waals surface area contributed by atoms with Crippen molar-refractivity contribution in [3.05, 3.63) is 35.9 Å². The Balaban J connectivity index is 2.78. The zero-order valence-corrected chi connectivity index (χ0v) is 8.28. The van der Waals surface area contributed by atoms with Crippen molar-refractivity contribution >= 4 is 5.52 Å². The van der Waals surface area contributed by atoms with Crippen molar-refractivity contribution < 1.29 is 0 Å². The van der Waals surface area contributed by atoms with Crippen molar-refractivity contribution in [2.24, 2.45) is 0 Å². The van der Waals surface area contributed by atoms with Gasteiger partial charge in [-0.1, -0.05) is 19.9 Å². The monoisotopic (exact) mass is 174 g/mol. The lowest BCUT2D eigenvalue weighted by Crippen LogP contribution is -1.95. The Morgan fingerprint density at radius 1 is 1.31 bits per heavy atom. The molecule has 0 unspecified atom stereocenters. The maximum absolute atomic E-state index is 4.55. The van der Waals surface area contributed by atoms with Crippen LogP contribution in [0, 0.1) is 6.92 Å². The summed E-state index contributed by atoms with van der Waals surface area (Å²) in [6.07, 6.45) is 2.07. The highest BCUT2D eigenvalue weighted by Gasteiger charge is 2.09. The Morgan fingerprint density at radius 2 is 2.08 bits per heavy atom. The van der Waals surface area contributed by atoms with Crippen LogP contribution < -0.4 is 0 Å². The van der Waals surface area contributed by atoms with Gasteiger partial charge in [0.2, 0.25) is 0 Å². The highest BCUT2D eigenvalue weighted by Crippen LogP contribution is 2.18. The predicted octanol–water partition coefficient (Wildman–Crippen LogP) is 2.77. The van der Waals surface area contributed by atoms with E-state index in [-0.39, 0.29) is 0 Å². The molecule has 68 valence electrons. The molecule has 0 saturated carbocycles. The van der Waals surface area contributed by atoms with E-state index >= 15 is 0 Å². The van der Waals surface area contributed by atoms with E-state index in [0.29, 0.717) is 5.92 Å². The lowest BCUT2D eigenvalue weighted by molar-refractivity contribution is 0.768. The van der Waals surface area contributed by atoms with Crippen molar-refractivity contribution in [2.45, 2.75) is 26.7 Å². The summed E-state index contributed by atoms with van der Waals surface area (Å²) in [6, 6.07) is 6.20. The first kappa shape index (κ1) is 8.30. The van der Waals surface area contributed by atoms with Crippen LogP contribution in [0.15, 0.2) is 24.4 Å². The van der Waals surface area contributed by atoms with Crippen LogP contribution in [0.2, 0.25) is 0 Å². The van der Waals surface area contributed by atoms with E-state index in [4.69, 9.17) is 0 Å². The third-order valence-corrected chi connectivity index (χ3v) is 2.28. The second-order valence-corrected chi connectivity index (χ2v) is 3.67. The van der Waals surface area contributed by atoms with Gasteiger partial charge in [0.05, 0.1) is 11.2 Å². The predicted molar refractivity (Wildman–Crippen MR) is 54.0 cm³/mol. The average molecular weight is 174 g/mol. The first-order chi connectivity index (χ1) is 6.20. The molecule has 0 saturated heterocycles. The van der Waals surface area contributed by atoms with E-state index in [1.165, 1.54) is 5.52 Å². The second kappa shape index (κ2) is 2.87. The topological polar surface area (TPSA) is 17.3 Å². The van der Waals surface area contributed by atoms with Gasteiger partial charge in [-0.2, -0.15) is 0 Å². The first-order valence-electron chi connectivity index (χ1n) is 4.63. The largest absolute Gasteiger partial charge is 0.303 e. The Hall–Kier alpha value is -1.31. The van der Waals surface area contributed by atoms with Gasteiger partial charge >= 0.3 is 0 Å². The minimum absolute atomic E-state index is 0.476. The molecule has 0 aliphatic heterocycles. The van der Waals surface area contributed by atoms with Gasteiger partial charge in [-0.3, -0.25) is 0 Å². The molecule has 0 aliphatic carbocycles. The zero-order valence-electron chi connectivity index (χ0n) is 8.28. The number of aromatic nitrogens is 2. The fraction of sp³-hybridized carbons (Fsp3) is 0.364.